The van der Waals surface area contributed by atoms with Crippen LogP contribution in [-0.2, 0) is 0 Å². The van der Waals surface area contributed by atoms with E-state index in [1.165, 1.54) is 13.0 Å². The molecule has 2 heterocycles. The summed E-state index contributed by atoms with van der Waals surface area (Å²) in [6.07, 6.45) is 1.22. The van der Waals surface area contributed by atoms with Gasteiger partial charge in [0.15, 0.2) is 5.82 Å². The first kappa shape index (κ1) is 8.69. The molecule has 0 radical (unpaired) electrons. The Labute approximate surface area is 77.9 Å². The summed E-state index contributed by atoms with van der Waals surface area (Å²) in [5, 5.41) is 3.79. The molecule has 4 heteroatoms. The van der Waals surface area contributed by atoms with Crippen LogP contribution >= 0.6 is 0 Å². The Bertz CT molecular complexity index is 278. The van der Waals surface area contributed by atoms with Gasteiger partial charge in [-0.15, -0.1) is 0 Å². The first-order valence-corrected chi connectivity index (χ1v) is 4.82. The van der Waals surface area contributed by atoms with E-state index in [2.05, 4.69) is 22.0 Å². The van der Waals surface area contributed by atoms with Crippen LogP contribution < -0.4 is 0 Å². The van der Waals surface area contributed by atoms with E-state index in [1.54, 1.807) is 0 Å². The fourth-order valence-electron chi connectivity index (χ4n) is 1.70. The molecule has 0 aromatic carbocycles. The molecule has 72 valence electrons. The lowest BCUT2D eigenvalue weighted by atomic mass is 10.0. The van der Waals surface area contributed by atoms with E-state index in [1.807, 2.05) is 6.92 Å². The van der Waals surface area contributed by atoms with Gasteiger partial charge in [-0.05, 0) is 19.9 Å². The third-order valence-corrected chi connectivity index (χ3v) is 2.39. The summed E-state index contributed by atoms with van der Waals surface area (Å²) in [5.41, 5.74) is 0. The van der Waals surface area contributed by atoms with Gasteiger partial charge in [-0.1, -0.05) is 12.1 Å². The summed E-state index contributed by atoms with van der Waals surface area (Å²) in [7, 11) is 0. The van der Waals surface area contributed by atoms with Gasteiger partial charge in [0.25, 0.3) is 0 Å². The van der Waals surface area contributed by atoms with Crippen molar-refractivity contribution in [3.05, 3.63) is 11.7 Å². The number of hydrogen-bond acceptors (Lipinski definition) is 4. The Morgan fingerprint density at radius 2 is 2.31 bits per heavy atom. The molecule has 0 spiro atoms. The average molecular weight is 181 g/mol. The standard InChI is InChI=1S/C9H15N3O/c1-3-4-12-5-8(6-12)9-10-7(2)11-13-9/h8H,3-6H2,1-2H3. The topological polar surface area (TPSA) is 42.2 Å². The lowest BCUT2D eigenvalue weighted by Crippen LogP contribution is -2.45. The number of nitrogens with zero attached hydrogens (tertiary/aromatic N) is 3. The summed E-state index contributed by atoms with van der Waals surface area (Å²) in [6, 6.07) is 0. The molecule has 0 saturated carbocycles. The fraction of sp³-hybridized carbons (Fsp3) is 0.778. The summed E-state index contributed by atoms with van der Waals surface area (Å²) < 4.78 is 5.11. The van der Waals surface area contributed by atoms with Crippen molar-refractivity contribution in [1.29, 1.82) is 0 Å². The molecule has 1 aromatic heterocycles. The second-order valence-electron chi connectivity index (χ2n) is 3.64. The number of aryl methyl sites for hydroxylation is 1. The lowest BCUT2D eigenvalue weighted by molar-refractivity contribution is 0.125. The highest BCUT2D eigenvalue weighted by molar-refractivity contribution is 5.01. The Balaban J connectivity index is 1.86. The van der Waals surface area contributed by atoms with Crippen LogP contribution in [0.3, 0.4) is 0 Å². The number of rotatable bonds is 3. The fourth-order valence-corrected chi connectivity index (χ4v) is 1.70. The third-order valence-electron chi connectivity index (χ3n) is 2.39. The Morgan fingerprint density at radius 3 is 2.85 bits per heavy atom. The minimum absolute atomic E-state index is 0.479. The molecule has 2 rings (SSSR count). The average Bonchev–Trinajstić information content (AvgIpc) is 2.43. The molecule has 1 saturated heterocycles. The largest absolute Gasteiger partial charge is 0.339 e. The van der Waals surface area contributed by atoms with E-state index in [-0.39, 0.29) is 0 Å². The molecule has 1 aliphatic rings. The molecule has 1 fully saturated rings. The predicted octanol–water partition coefficient (Wildman–Crippen LogP) is 1.19. The molecule has 13 heavy (non-hydrogen) atoms. The van der Waals surface area contributed by atoms with Gasteiger partial charge in [-0.2, -0.15) is 4.98 Å². The normalized spacial score (nSPS) is 18.9. The maximum atomic E-state index is 5.11. The van der Waals surface area contributed by atoms with Crippen molar-refractivity contribution in [2.75, 3.05) is 19.6 Å². The van der Waals surface area contributed by atoms with Crippen molar-refractivity contribution in [2.24, 2.45) is 0 Å². The summed E-state index contributed by atoms with van der Waals surface area (Å²) in [5.74, 6) is 2.03. The van der Waals surface area contributed by atoms with Crippen LogP contribution in [0.2, 0.25) is 0 Å². The second kappa shape index (κ2) is 3.46. The van der Waals surface area contributed by atoms with Gasteiger partial charge < -0.3 is 9.42 Å². The molecule has 0 amide bonds. The van der Waals surface area contributed by atoms with Gasteiger partial charge in [0, 0.05) is 13.1 Å². The van der Waals surface area contributed by atoms with Gasteiger partial charge in [0.2, 0.25) is 5.89 Å². The van der Waals surface area contributed by atoms with Crippen LogP contribution in [0.5, 0.6) is 0 Å². The minimum Gasteiger partial charge on any atom is -0.339 e. The number of aromatic nitrogens is 2. The van der Waals surface area contributed by atoms with Crippen LogP contribution in [0.25, 0.3) is 0 Å². The van der Waals surface area contributed by atoms with Crippen molar-refractivity contribution < 1.29 is 4.52 Å². The first-order valence-electron chi connectivity index (χ1n) is 4.82. The van der Waals surface area contributed by atoms with E-state index >= 15 is 0 Å². The molecule has 4 nitrogen and oxygen atoms in total. The van der Waals surface area contributed by atoms with Crippen LogP contribution in [-0.4, -0.2) is 34.7 Å². The third kappa shape index (κ3) is 1.72. The van der Waals surface area contributed by atoms with Crippen molar-refractivity contribution in [1.82, 2.24) is 15.0 Å². The highest BCUT2D eigenvalue weighted by atomic mass is 16.5. The molecule has 0 bridgehead atoms. The lowest BCUT2D eigenvalue weighted by Gasteiger charge is -2.36. The van der Waals surface area contributed by atoms with Crippen LogP contribution in [0.1, 0.15) is 31.0 Å². The highest BCUT2D eigenvalue weighted by Crippen LogP contribution is 2.25. The van der Waals surface area contributed by atoms with E-state index in [0.717, 1.165) is 24.8 Å². The minimum atomic E-state index is 0.479. The van der Waals surface area contributed by atoms with E-state index in [4.69, 9.17) is 4.52 Å². The van der Waals surface area contributed by atoms with Gasteiger partial charge in [-0.3, -0.25) is 0 Å². The van der Waals surface area contributed by atoms with Crippen LogP contribution in [0.4, 0.5) is 0 Å². The SMILES string of the molecule is CCCN1CC(c2nc(C)no2)C1. The number of likely N-dealkylation sites (tertiary alicyclic amines) is 1. The van der Waals surface area contributed by atoms with Crippen molar-refractivity contribution in [2.45, 2.75) is 26.2 Å². The number of hydrogen-bond donors (Lipinski definition) is 0. The van der Waals surface area contributed by atoms with Gasteiger partial charge in [-0.25, -0.2) is 0 Å². The highest BCUT2D eigenvalue weighted by Gasteiger charge is 2.31. The van der Waals surface area contributed by atoms with E-state index in [9.17, 15) is 0 Å². The van der Waals surface area contributed by atoms with Crippen molar-refractivity contribution in [3.63, 3.8) is 0 Å². The summed E-state index contributed by atoms with van der Waals surface area (Å²) in [6.45, 7) is 7.40. The quantitative estimate of drug-likeness (QED) is 0.702. The summed E-state index contributed by atoms with van der Waals surface area (Å²) in [4.78, 5) is 6.63. The molecule has 1 aliphatic heterocycles. The Kier molecular flexibility index (Phi) is 2.31. The zero-order valence-electron chi connectivity index (χ0n) is 8.16. The Morgan fingerprint density at radius 1 is 1.54 bits per heavy atom. The van der Waals surface area contributed by atoms with Gasteiger partial charge in [0.1, 0.15) is 0 Å². The molecular weight excluding hydrogens is 166 g/mol. The predicted molar refractivity (Wildman–Crippen MR) is 48.5 cm³/mol. The molecule has 1 aromatic rings. The van der Waals surface area contributed by atoms with Crippen LogP contribution in [0.15, 0.2) is 4.52 Å². The van der Waals surface area contributed by atoms with E-state index < -0.39 is 0 Å². The van der Waals surface area contributed by atoms with Gasteiger partial charge >= 0.3 is 0 Å². The van der Waals surface area contributed by atoms with Crippen molar-refractivity contribution >= 4 is 0 Å². The zero-order valence-corrected chi connectivity index (χ0v) is 8.16. The Hall–Kier alpha value is -0.900. The molecular formula is C9H15N3O. The maximum absolute atomic E-state index is 5.11. The maximum Gasteiger partial charge on any atom is 0.232 e. The smallest absolute Gasteiger partial charge is 0.232 e. The molecule has 0 N–H and O–H groups in total. The monoisotopic (exact) mass is 181 g/mol. The zero-order chi connectivity index (χ0) is 9.26. The van der Waals surface area contributed by atoms with Crippen LogP contribution in [0, 0.1) is 6.92 Å². The molecule has 0 aliphatic carbocycles. The summed E-state index contributed by atoms with van der Waals surface area (Å²) >= 11 is 0. The molecule has 0 unspecified atom stereocenters. The first-order chi connectivity index (χ1) is 6.29. The van der Waals surface area contributed by atoms with Crippen molar-refractivity contribution in [3.8, 4) is 0 Å². The molecule has 0 atom stereocenters. The second-order valence-corrected chi connectivity index (χ2v) is 3.64. The van der Waals surface area contributed by atoms with Gasteiger partial charge in [0.05, 0.1) is 5.92 Å². The van der Waals surface area contributed by atoms with E-state index in [0.29, 0.717) is 5.92 Å².